The van der Waals surface area contributed by atoms with Crippen LogP contribution < -0.4 is 0 Å². The Hall–Kier alpha value is -0.700. The average Bonchev–Trinajstić information content (AvgIpc) is 2.61. The summed E-state index contributed by atoms with van der Waals surface area (Å²) < 4.78 is 2.07. The predicted octanol–water partition coefficient (Wildman–Crippen LogP) is 4.51. The van der Waals surface area contributed by atoms with Crippen LogP contribution in [0, 0.1) is 13.8 Å². The van der Waals surface area contributed by atoms with Gasteiger partial charge in [0.25, 0.3) is 0 Å². The van der Waals surface area contributed by atoms with Crippen molar-refractivity contribution in [1.29, 1.82) is 0 Å². The highest BCUT2D eigenvalue weighted by Crippen LogP contribution is 2.33. The lowest BCUT2D eigenvalue weighted by Crippen LogP contribution is -2.04. The Bertz CT molecular complexity index is 542. The highest BCUT2D eigenvalue weighted by atomic mass is 35.5. The minimum atomic E-state index is 0.404. The Morgan fingerprint density at radius 2 is 1.82 bits per heavy atom. The van der Waals surface area contributed by atoms with E-state index in [2.05, 4.69) is 9.55 Å². The quantitative estimate of drug-likeness (QED) is 0.744. The fraction of sp³-hybridized carbons (Fsp3) is 0.250. The third kappa shape index (κ3) is 2.44. The van der Waals surface area contributed by atoms with Crippen molar-refractivity contribution >= 4 is 34.8 Å². The molecule has 2 rings (SSSR count). The van der Waals surface area contributed by atoms with E-state index < -0.39 is 0 Å². The number of halogens is 3. The smallest absolute Gasteiger partial charge is 0.106 e. The van der Waals surface area contributed by atoms with Crippen molar-refractivity contribution in [2.75, 3.05) is 0 Å². The van der Waals surface area contributed by atoms with Gasteiger partial charge in [-0.3, -0.25) is 0 Å². The average molecular weight is 290 g/mol. The van der Waals surface area contributed by atoms with Gasteiger partial charge in [-0.05, 0) is 25.5 Å². The van der Waals surface area contributed by atoms with Crippen LogP contribution >= 0.6 is 34.8 Å². The van der Waals surface area contributed by atoms with Crippen molar-refractivity contribution in [3.05, 3.63) is 50.5 Å². The molecule has 0 saturated carbocycles. The predicted molar refractivity (Wildman–Crippen MR) is 72.3 cm³/mol. The lowest BCUT2D eigenvalue weighted by molar-refractivity contribution is 0.738. The molecule has 1 heterocycles. The molecule has 2 aromatic rings. The summed E-state index contributed by atoms with van der Waals surface area (Å²) >= 11 is 18.1. The van der Waals surface area contributed by atoms with Crippen LogP contribution in [0.5, 0.6) is 0 Å². The van der Waals surface area contributed by atoms with Gasteiger partial charge in [0.15, 0.2) is 0 Å². The molecule has 2 nitrogen and oxygen atoms in total. The Balaban J connectivity index is 2.41. The van der Waals surface area contributed by atoms with Crippen LogP contribution in [-0.2, 0) is 6.54 Å². The molecular formula is C12H11Cl3N2. The number of rotatable bonds is 2. The van der Waals surface area contributed by atoms with Crippen LogP contribution in [0.4, 0.5) is 0 Å². The van der Waals surface area contributed by atoms with Crippen molar-refractivity contribution in [2.24, 2.45) is 0 Å². The second-order valence-electron chi connectivity index (χ2n) is 3.87. The molecule has 0 saturated heterocycles. The van der Waals surface area contributed by atoms with E-state index in [4.69, 9.17) is 34.8 Å². The number of hydrogen-bond donors (Lipinski definition) is 0. The van der Waals surface area contributed by atoms with E-state index in [0.29, 0.717) is 21.6 Å². The molecule has 1 aromatic carbocycles. The molecular weight excluding hydrogens is 279 g/mol. The number of benzene rings is 1. The van der Waals surface area contributed by atoms with Crippen LogP contribution in [0.15, 0.2) is 18.3 Å². The molecule has 0 radical (unpaired) electrons. The van der Waals surface area contributed by atoms with Crippen molar-refractivity contribution in [3.8, 4) is 0 Å². The zero-order chi connectivity index (χ0) is 12.6. The number of hydrogen-bond acceptors (Lipinski definition) is 1. The van der Waals surface area contributed by atoms with Gasteiger partial charge in [-0.2, -0.15) is 0 Å². The summed E-state index contributed by atoms with van der Waals surface area (Å²) in [6, 6.07) is 3.64. The molecule has 90 valence electrons. The zero-order valence-electron chi connectivity index (χ0n) is 9.47. The molecule has 1 aromatic heterocycles. The molecule has 0 N–H and O–H groups in total. The van der Waals surface area contributed by atoms with E-state index in [9.17, 15) is 0 Å². The molecule has 0 aliphatic heterocycles. The maximum Gasteiger partial charge on any atom is 0.106 e. The Kier molecular flexibility index (Phi) is 3.67. The van der Waals surface area contributed by atoms with Gasteiger partial charge >= 0.3 is 0 Å². The van der Waals surface area contributed by atoms with Gasteiger partial charge < -0.3 is 4.57 Å². The monoisotopic (exact) mass is 288 g/mol. The maximum absolute atomic E-state index is 6.17. The topological polar surface area (TPSA) is 17.8 Å². The first-order valence-corrected chi connectivity index (χ1v) is 6.25. The van der Waals surface area contributed by atoms with Gasteiger partial charge in [0.05, 0.1) is 21.6 Å². The highest BCUT2D eigenvalue weighted by molar-refractivity contribution is 6.48. The standard InChI is InChI=1S/C12H11Cl3N2/c1-7-5-16-8(2)17(7)6-9-3-4-10(13)12(15)11(9)14/h3-5H,6H2,1-2H3. The first kappa shape index (κ1) is 12.7. The fourth-order valence-electron chi connectivity index (χ4n) is 1.68. The van der Waals surface area contributed by atoms with Gasteiger partial charge in [0, 0.05) is 11.9 Å². The van der Waals surface area contributed by atoms with Crippen LogP contribution in [0.3, 0.4) is 0 Å². The van der Waals surface area contributed by atoms with E-state index in [1.165, 1.54) is 0 Å². The molecule has 0 unspecified atom stereocenters. The summed E-state index contributed by atoms with van der Waals surface area (Å²) in [7, 11) is 0. The van der Waals surface area contributed by atoms with E-state index in [-0.39, 0.29) is 0 Å². The Labute approximate surface area is 115 Å². The van der Waals surface area contributed by atoms with Crippen LogP contribution in [0.1, 0.15) is 17.1 Å². The third-order valence-corrected chi connectivity index (χ3v) is 4.03. The second kappa shape index (κ2) is 4.89. The molecule has 0 fully saturated rings. The Morgan fingerprint density at radius 3 is 2.41 bits per heavy atom. The normalized spacial score (nSPS) is 10.9. The van der Waals surface area contributed by atoms with Crippen molar-refractivity contribution in [3.63, 3.8) is 0 Å². The van der Waals surface area contributed by atoms with Crippen LogP contribution in [-0.4, -0.2) is 9.55 Å². The van der Waals surface area contributed by atoms with Crippen LogP contribution in [0.25, 0.3) is 0 Å². The van der Waals surface area contributed by atoms with Crippen LogP contribution in [0.2, 0.25) is 15.1 Å². The molecule has 0 amide bonds. The van der Waals surface area contributed by atoms with Gasteiger partial charge in [-0.15, -0.1) is 0 Å². The molecule has 0 spiro atoms. The van der Waals surface area contributed by atoms with Crippen molar-refractivity contribution in [2.45, 2.75) is 20.4 Å². The lowest BCUT2D eigenvalue weighted by Gasteiger charge is -2.11. The summed E-state index contributed by atoms with van der Waals surface area (Å²) in [5.41, 5.74) is 2.02. The first-order valence-electron chi connectivity index (χ1n) is 5.12. The van der Waals surface area contributed by atoms with Gasteiger partial charge in [0.1, 0.15) is 5.82 Å². The SMILES string of the molecule is Cc1cnc(C)n1Cc1ccc(Cl)c(Cl)c1Cl. The number of aromatic nitrogens is 2. The summed E-state index contributed by atoms with van der Waals surface area (Å²) in [6.45, 7) is 4.61. The first-order chi connectivity index (χ1) is 8.00. The Morgan fingerprint density at radius 1 is 1.12 bits per heavy atom. The second-order valence-corrected chi connectivity index (χ2v) is 5.03. The minimum absolute atomic E-state index is 0.404. The molecule has 5 heteroatoms. The fourth-order valence-corrected chi connectivity index (χ4v) is 2.29. The summed E-state index contributed by atoms with van der Waals surface area (Å²) in [5, 5.41) is 1.38. The molecule has 0 bridgehead atoms. The molecule has 0 aliphatic carbocycles. The van der Waals surface area contributed by atoms with E-state index in [1.807, 2.05) is 26.1 Å². The third-order valence-electron chi connectivity index (χ3n) is 2.70. The van der Waals surface area contributed by atoms with Gasteiger partial charge in [0.2, 0.25) is 0 Å². The number of nitrogens with zero attached hydrogens (tertiary/aromatic N) is 2. The minimum Gasteiger partial charge on any atom is -0.328 e. The lowest BCUT2D eigenvalue weighted by atomic mass is 10.2. The largest absolute Gasteiger partial charge is 0.328 e. The maximum atomic E-state index is 6.17. The number of aryl methyl sites for hydroxylation is 2. The van der Waals surface area contributed by atoms with E-state index in [1.54, 1.807) is 6.07 Å². The van der Waals surface area contributed by atoms with Crippen molar-refractivity contribution in [1.82, 2.24) is 9.55 Å². The van der Waals surface area contributed by atoms with E-state index >= 15 is 0 Å². The van der Waals surface area contributed by atoms with E-state index in [0.717, 1.165) is 17.1 Å². The molecule has 0 aliphatic rings. The molecule has 17 heavy (non-hydrogen) atoms. The zero-order valence-corrected chi connectivity index (χ0v) is 11.7. The number of imidazole rings is 1. The highest BCUT2D eigenvalue weighted by Gasteiger charge is 2.11. The van der Waals surface area contributed by atoms with Crippen molar-refractivity contribution < 1.29 is 0 Å². The summed E-state index contributed by atoms with van der Waals surface area (Å²) in [4.78, 5) is 4.24. The molecule has 0 atom stereocenters. The van der Waals surface area contributed by atoms with Gasteiger partial charge in [-0.1, -0.05) is 40.9 Å². The van der Waals surface area contributed by atoms with Gasteiger partial charge in [-0.25, -0.2) is 4.98 Å². The summed E-state index contributed by atoms with van der Waals surface area (Å²) in [5.74, 6) is 0.949. The summed E-state index contributed by atoms with van der Waals surface area (Å²) in [6.07, 6.45) is 1.83.